The zero-order chi connectivity index (χ0) is 12.4. The van der Waals surface area contributed by atoms with Crippen LogP contribution in [0.3, 0.4) is 0 Å². The average Bonchev–Trinajstić information content (AvgIpc) is 2.61. The van der Waals surface area contributed by atoms with Crippen molar-refractivity contribution in [3.05, 3.63) is 39.8 Å². The number of rotatable bonds is 3. The van der Waals surface area contributed by atoms with Crippen LogP contribution in [0.5, 0.6) is 0 Å². The first-order chi connectivity index (χ1) is 8.13. The van der Waals surface area contributed by atoms with E-state index in [9.17, 15) is 9.90 Å². The fourth-order valence-electron chi connectivity index (χ4n) is 1.92. The van der Waals surface area contributed by atoms with Crippen LogP contribution in [0.4, 0.5) is 5.69 Å². The number of nitrogens with zero attached hydrogens (tertiary/aromatic N) is 4. The average molecular weight is 232 g/mol. The van der Waals surface area contributed by atoms with Crippen molar-refractivity contribution >= 4 is 11.6 Å². The third-order valence-electron chi connectivity index (χ3n) is 2.88. The van der Waals surface area contributed by atoms with Gasteiger partial charge in [0.05, 0.1) is 19.1 Å². The minimum absolute atomic E-state index is 0.000920. The highest BCUT2D eigenvalue weighted by Crippen LogP contribution is 2.30. The molecule has 0 aliphatic carbocycles. The van der Waals surface area contributed by atoms with Gasteiger partial charge in [-0.15, -0.1) is 0 Å². The summed E-state index contributed by atoms with van der Waals surface area (Å²) in [5.74, 6) is 0.0432. The Balaban J connectivity index is 2.26. The number of carbonyl (C=O) groups excluding carboxylic acids is 1. The second kappa shape index (κ2) is 4.45. The van der Waals surface area contributed by atoms with E-state index in [-0.39, 0.29) is 12.5 Å². The third-order valence-corrected chi connectivity index (χ3v) is 2.88. The first-order valence-corrected chi connectivity index (χ1v) is 5.22. The Morgan fingerprint density at radius 1 is 1.65 bits per heavy atom. The Bertz CT molecular complexity index is 508. The maximum absolute atomic E-state index is 11.5. The molecule has 0 saturated heterocycles. The molecule has 6 nitrogen and oxygen atoms in total. The summed E-state index contributed by atoms with van der Waals surface area (Å²) in [5, 5.41) is 13.1. The fourth-order valence-corrected chi connectivity index (χ4v) is 1.92. The minimum Gasteiger partial charge on any atom is -0.388 e. The van der Waals surface area contributed by atoms with E-state index in [0.29, 0.717) is 12.0 Å². The van der Waals surface area contributed by atoms with Gasteiger partial charge >= 0.3 is 0 Å². The lowest BCUT2D eigenvalue weighted by Gasteiger charge is -2.12. The lowest BCUT2D eigenvalue weighted by molar-refractivity contribution is -0.117. The molecule has 0 spiro atoms. The van der Waals surface area contributed by atoms with Gasteiger partial charge in [0, 0.05) is 17.6 Å². The van der Waals surface area contributed by atoms with E-state index in [1.54, 1.807) is 30.1 Å². The predicted molar refractivity (Wildman–Crippen MR) is 62.5 cm³/mol. The molecule has 1 heterocycles. The van der Waals surface area contributed by atoms with Gasteiger partial charge in [-0.3, -0.25) is 4.79 Å². The van der Waals surface area contributed by atoms with Gasteiger partial charge in [0.1, 0.15) is 0 Å². The fraction of sp³-hybridized carbons (Fsp3) is 0.364. The Morgan fingerprint density at radius 2 is 2.41 bits per heavy atom. The molecule has 17 heavy (non-hydrogen) atoms. The smallest absolute Gasteiger partial charge is 0.231 e. The second-order valence-electron chi connectivity index (χ2n) is 3.95. The van der Waals surface area contributed by atoms with Crippen molar-refractivity contribution in [1.82, 2.24) is 0 Å². The molecule has 1 aliphatic rings. The zero-order valence-electron chi connectivity index (χ0n) is 9.37. The molecule has 1 unspecified atom stereocenters. The quantitative estimate of drug-likeness (QED) is 0.486. The van der Waals surface area contributed by atoms with Crippen molar-refractivity contribution in [2.24, 2.45) is 5.11 Å². The van der Waals surface area contributed by atoms with Gasteiger partial charge in [-0.2, -0.15) is 0 Å². The van der Waals surface area contributed by atoms with E-state index in [0.717, 1.165) is 11.3 Å². The van der Waals surface area contributed by atoms with Crippen molar-refractivity contribution in [2.75, 3.05) is 18.5 Å². The van der Waals surface area contributed by atoms with Crippen LogP contribution in [0, 0.1) is 0 Å². The van der Waals surface area contributed by atoms with Crippen LogP contribution in [0.15, 0.2) is 23.3 Å². The maximum Gasteiger partial charge on any atom is 0.231 e. The normalized spacial score (nSPS) is 15.4. The number of aliphatic hydroxyl groups excluding tert-OH is 1. The molecule has 1 aliphatic heterocycles. The summed E-state index contributed by atoms with van der Waals surface area (Å²) in [4.78, 5) is 15.7. The maximum atomic E-state index is 11.5. The molecule has 1 amide bonds. The Kier molecular flexibility index (Phi) is 2.99. The molecule has 1 aromatic rings. The van der Waals surface area contributed by atoms with E-state index in [2.05, 4.69) is 10.0 Å². The number of azide groups is 1. The molecule has 0 fully saturated rings. The number of amides is 1. The second-order valence-corrected chi connectivity index (χ2v) is 3.95. The number of carbonyl (C=O) groups is 1. The summed E-state index contributed by atoms with van der Waals surface area (Å²) in [6, 6.07) is 5.33. The Hall–Kier alpha value is -2.04. The summed E-state index contributed by atoms with van der Waals surface area (Å²) in [7, 11) is 1.73. The van der Waals surface area contributed by atoms with Crippen LogP contribution < -0.4 is 4.90 Å². The van der Waals surface area contributed by atoms with Crippen molar-refractivity contribution in [2.45, 2.75) is 12.5 Å². The van der Waals surface area contributed by atoms with Crippen molar-refractivity contribution in [3.8, 4) is 0 Å². The molecule has 0 aromatic heterocycles. The molecule has 0 saturated carbocycles. The van der Waals surface area contributed by atoms with Crippen LogP contribution in [0.2, 0.25) is 0 Å². The lowest BCUT2D eigenvalue weighted by Crippen LogP contribution is -2.20. The van der Waals surface area contributed by atoms with Crippen LogP contribution in [0.1, 0.15) is 17.2 Å². The highest BCUT2D eigenvalue weighted by Gasteiger charge is 2.24. The molecule has 2 rings (SSSR count). The van der Waals surface area contributed by atoms with Gasteiger partial charge in [-0.05, 0) is 22.7 Å². The van der Waals surface area contributed by atoms with E-state index in [1.807, 2.05) is 0 Å². The van der Waals surface area contributed by atoms with E-state index >= 15 is 0 Å². The van der Waals surface area contributed by atoms with E-state index in [4.69, 9.17) is 5.53 Å². The number of aliphatic hydroxyl groups is 1. The van der Waals surface area contributed by atoms with Crippen LogP contribution in [-0.2, 0) is 11.2 Å². The number of likely N-dealkylation sites (N-methyl/N-ethyl adjacent to an activating group) is 1. The lowest BCUT2D eigenvalue weighted by atomic mass is 10.0. The van der Waals surface area contributed by atoms with E-state index < -0.39 is 6.10 Å². The first-order valence-electron chi connectivity index (χ1n) is 5.22. The largest absolute Gasteiger partial charge is 0.388 e. The highest BCUT2D eigenvalue weighted by molar-refractivity contribution is 6.00. The van der Waals surface area contributed by atoms with Gasteiger partial charge in [-0.25, -0.2) is 0 Å². The zero-order valence-corrected chi connectivity index (χ0v) is 9.37. The number of benzene rings is 1. The Morgan fingerprint density at radius 3 is 3.12 bits per heavy atom. The monoisotopic (exact) mass is 232 g/mol. The van der Waals surface area contributed by atoms with Gasteiger partial charge in [0.15, 0.2) is 0 Å². The summed E-state index contributed by atoms with van der Waals surface area (Å²) in [6.45, 7) is -0.000920. The summed E-state index contributed by atoms with van der Waals surface area (Å²) < 4.78 is 0. The number of fused-ring (bicyclic) bond motifs is 1. The van der Waals surface area contributed by atoms with Crippen LogP contribution in [-0.4, -0.2) is 24.6 Å². The molecular formula is C11H12N4O2. The van der Waals surface area contributed by atoms with Crippen LogP contribution >= 0.6 is 0 Å². The first kappa shape index (κ1) is 11.4. The van der Waals surface area contributed by atoms with Gasteiger partial charge < -0.3 is 10.0 Å². The molecular weight excluding hydrogens is 220 g/mol. The van der Waals surface area contributed by atoms with Crippen molar-refractivity contribution in [1.29, 1.82) is 0 Å². The summed E-state index contributed by atoms with van der Waals surface area (Å²) in [6.07, 6.45) is -0.467. The Labute approximate surface area is 98.1 Å². The molecule has 1 N–H and O–H groups in total. The third kappa shape index (κ3) is 2.08. The van der Waals surface area contributed by atoms with Gasteiger partial charge in [0.25, 0.3) is 0 Å². The van der Waals surface area contributed by atoms with Crippen LogP contribution in [0.25, 0.3) is 10.4 Å². The summed E-state index contributed by atoms with van der Waals surface area (Å²) >= 11 is 0. The minimum atomic E-state index is -0.822. The predicted octanol–water partition coefficient (Wildman–Crippen LogP) is 1.55. The number of hydrogen-bond donors (Lipinski definition) is 1. The van der Waals surface area contributed by atoms with Crippen molar-refractivity contribution < 1.29 is 9.90 Å². The molecule has 0 bridgehead atoms. The molecule has 1 atom stereocenters. The number of anilines is 1. The number of hydrogen-bond acceptors (Lipinski definition) is 3. The molecule has 88 valence electrons. The molecule has 1 aromatic carbocycles. The summed E-state index contributed by atoms with van der Waals surface area (Å²) in [5.41, 5.74) is 10.6. The highest BCUT2D eigenvalue weighted by atomic mass is 16.3. The molecule has 0 radical (unpaired) electrons. The van der Waals surface area contributed by atoms with Gasteiger partial charge in [-0.1, -0.05) is 17.2 Å². The topological polar surface area (TPSA) is 89.3 Å². The SMILES string of the molecule is CN1C(=O)Cc2cc(C(O)CN=[N+]=[N-])ccc21. The standard InChI is InChI=1S/C11H12N4O2/c1-15-9-3-2-7(10(16)6-13-14-12)4-8(9)5-11(15)17/h2-4,10,16H,5-6H2,1H3. The molecule has 6 heteroatoms. The van der Waals surface area contributed by atoms with E-state index in [1.165, 1.54) is 0 Å². The van der Waals surface area contributed by atoms with Crippen molar-refractivity contribution in [3.63, 3.8) is 0 Å². The van der Waals surface area contributed by atoms with Gasteiger partial charge in [0.2, 0.25) is 5.91 Å².